The highest BCUT2D eigenvalue weighted by Gasteiger charge is 2.26. The van der Waals surface area contributed by atoms with Crippen molar-refractivity contribution in [3.63, 3.8) is 0 Å². The fourth-order valence-electron chi connectivity index (χ4n) is 2.17. The van der Waals surface area contributed by atoms with E-state index in [-0.39, 0.29) is 0 Å². The van der Waals surface area contributed by atoms with E-state index in [2.05, 4.69) is 5.10 Å². The molecule has 2 aliphatic rings. The van der Waals surface area contributed by atoms with Gasteiger partial charge in [-0.05, 0) is 12.8 Å². The van der Waals surface area contributed by atoms with Crippen molar-refractivity contribution in [3.8, 4) is 0 Å². The zero-order valence-corrected chi connectivity index (χ0v) is 9.98. The van der Waals surface area contributed by atoms with Crippen LogP contribution in [0.25, 0.3) is 0 Å². The predicted molar refractivity (Wildman–Crippen MR) is 61.3 cm³/mol. The number of fused-ring (bicyclic) bond motifs is 1. The third-order valence-corrected chi connectivity index (χ3v) is 4.42. The lowest BCUT2D eigenvalue weighted by Crippen LogP contribution is -2.20. The Hall–Kier alpha value is -0.190. The van der Waals surface area contributed by atoms with Gasteiger partial charge >= 0.3 is 0 Å². The fourth-order valence-corrected chi connectivity index (χ4v) is 3.64. The zero-order chi connectivity index (χ0) is 10.3. The highest BCUT2D eigenvalue weighted by Crippen LogP contribution is 2.37. The van der Waals surface area contributed by atoms with Gasteiger partial charge in [-0.25, -0.2) is 0 Å². The molecule has 5 heteroatoms. The van der Waals surface area contributed by atoms with Crippen LogP contribution < -0.4 is 0 Å². The normalized spacial score (nSPS) is 21.9. The number of thioether (sulfide) groups is 1. The van der Waals surface area contributed by atoms with E-state index in [1.807, 2.05) is 16.4 Å². The summed E-state index contributed by atoms with van der Waals surface area (Å²) in [6, 6.07) is 0.446. The van der Waals surface area contributed by atoms with Crippen LogP contribution in [0.5, 0.6) is 0 Å². The molecular formula is C10H13ClN2OS. The molecule has 3 nitrogen and oxygen atoms in total. The van der Waals surface area contributed by atoms with E-state index in [9.17, 15) is 0 Å². The Balaban J connectivity index is 1.91. The van der Waals surface area contributed by atoms with Crippen LogP contribution in [0.4, 0.5) is 0 Å². The van der Waals surface area contributed by atoms with Gasteiger partial charge in [0.2, 0.25) is 0 Å². The lowest BCUT2D eigenvalue weighted by molar-refractivity contribution is 0.0662. The molecule has 1 fully saturated rings. The van der Waals surface area contributed by atoms with Gasteiger partial charge in [0.25, 0.3) is 0 Å². The van der Waals surface area contributed by atoms with Crippen molar-refractivity contribution in [2.24, 2.45) is 0 Å². The Labute approximate surface area is 98.1 Å². The van der Waals surface area contributed by atoms with E-state index in [4.69, 9.17) is 16.3 Å². The molecule has 0 N–H and O–H groups in total. The summed E-state index contributed by atoms with van der Waals surface area (Å²) in [6.45, 7) is 1.67. The highest BCUT2D eigenvalue weighted by molar-refractivity contribution is 7.98. The predicted octanol–water partition coefficient (Wildman–Crippen LogP) is 2.63. The van der Waals surface area contributed by atoms with Gasteiger partial charge in [-0.2, -0.15) is 16.9 Å². The average molecular weight is 245 g/mol. The molecule has 0 saturated carbocycles. The summed E-state index contributed by atoms with van der Waals surface area (Å²) in [6.07, 6.45) is 2.07. The van der Waals surface area contributed by atoms with Crippen molar-refractivity contribution in [1.29, 1.82) is 0 Å². The Kier molecular flexibility index (Phi) is 2.66. The maximum absolute atomic E-state index is 6.35. The van der Waals surface area contributed by atoms with E-state index in [1.165, 1.54) is 11.3 Å². The molecule has 1 aromatic rings. The third-order valence-electron chi connectivity index (χ3n) is 3.05. The number of hydrogen-bond acceptors (Lipinski definition) is 3. The summed E-state index contributed by atoms with van der Waals surface area (Å²) >= 11 is 8.24. The average Bonchev–Trinajstić information content (AvgIpc) is 2.83. The van der Waals surface area contributed by atoms with Crippen LogP contribution in [0.15, 0.2) is 0 Å². The van der Waals surface area contributed by atoms with Crippen LogP contribution in [0.2, 0.25) is 5.15 Å². The first-order chi connectivity index (χ1) is 7.36. The number of ether oxygens (including phenoxy) is 1. The Morgan fingerprint density at radius 3 is 2.87 bits per heavy atom. The van der Waals surface area contributed by atoms with Crippen LogP contribution in [0.3, 0.4) is 0 Å². The van der Waals surface area contributed by atoms with Crippen LogP contribution in [-0.2, 0) is 16.2 Å². The number of aromatic nitrogens is 2. The van der Waals surface area contributed by atoms with E-state index in [1.54, 1.807) is 0 Å². The van der Waals surface area contributed by atoms with E-state index < -0.39 is 0 Å². The van der Waals surface area contributed by atoms with E-state index in [0.717, 1.165) is 42.7 Å². The van der Waals surface area contributed by atoms with Gasteiger partial charge in [-0.15, -0.1) is 0 Å². The molecule has 0 radical (unpaired) electrons. The fraction of sp³-hybridized carbons (Fsp3) is 0.700. The minimum atomic E-state index is 0.446. The SMILES string of the molecule is Clc1c2c(nn1C1CCOCC1)CSC2. The molecular weight excluding hydrogens is 232 g/mol. The molecule has 0 aromatic carbocycles. The number of hydrogen-bond donors (Lipinski definition) is 0. The van der Waals surface area contributed by atoms with Crippen molar-refractivity contribution in [3.05, 3.63) is 16.4 Å². The molecule has 3 rings (SSSR count). The smallest absolute Gasteiger partial charge is 0.131 e. The lowest BCUT2D eigenvalue weighted by atomic mass is 10.1. The summed E-state index contributed by atoms with van der Waals surface area (Å²) in [5, 5.41) is 5.49. The summed E-state index contributed by atoms with van der Waals surface area (Å²) in [7, 11) is 0. The Bertz CT molecular complexity index is 374. The minimum Gasteiger partial charge on any atom is -0.381 e. The minimum absolute atomic E-state index is 0.446. The molecule has 0 atom stereocenters. The molecule has 0 aliphatic carbocycles. The quantitative estimate of drug-likeness (QED) is 0.760. The van der Waals surface area contributed by atoms with Crippen LogP contribution in [-0.4, -0.2) is 23.0 Å². The molecule has 15 heavy (non-hydrogen) atoms. The maximum atomic E-state index is 6.35. The largest absolute Gasteiger partial charge is 0.381 e. The first kappa shape index (κ1) is 10.00. The van der Waals surface area contributed by atoms with Crippen LogP contribution in [0.1, 0.15) is 30.1 Å². The molecule has 3 heterocycles. The van der Waals surface area contributed by atoms with Gasteiger partial charge in [0, 0.05) is 30.3 Å². The summed E-state index contributed by atoms with van der Waals surface area (Å²) in [4.78, 5) is 0. The number of nitrogens with zero attached hydrogens (tertiary/aromatic N) is 2. The monoisotopic (exact) mass is 244 g/mol. The molecule has 1 saturated heterocycles. The number of rotatable bonds is 1. The molecule has 82 valence electrons. The van der Waals surface area contributed by atoms with Gasteiger partial charge < -0.3 is 4.74 Å². The van der Waals surface area contributed by atoms with Crippen molar-refractivity contribution in [2.75, 3.05) is 13.2 Å². The van der Waals surface area contributed by atoms with Gasteiger partial charge in [0.15, 0.2) is 0 Å². The van der Waals surface area contributed by atoms with Gasteiger partial charge in [0.05, 0.1) is 11.7 Å². The Morgan fingerprint density at radius 1 is 1.33 bits per heavy atom. The van der Waals surface area contributed by atoms with Crippen LogP contribution >= 0.6 is 23.4 Å². The van der Waals surface area contributed by atoms with Gasteiger partial charge in [-0.3, -0.25) is 4.68 Å². The van der Waals surface area contributed by atoms with Crippen molar-refractivity contribution in [2.45, 2.75) is 30.4 Å². The second-order valence-electron chi connectivity index (χ2n) is 4.00. The molecule has 0 bridgehead atoms. The van der Waals surface area contributed by atoms with E-state index >= 15 is 0 Å². The number of halogens is 1. The standard InChI is InChI=1S/C10H13ClN2OS/c11-10-8-5-15-6-9(8)12-13(10)7-1-3-14-4-2-7/h7H,1-6H2. The van der Waals surface area contributed by atoms with Crippen molar-refractivity contribution >= 4 is 23.4 Å². The molecule has 0 amide bonds. The second-order valence-corrected chi connectivity index (χ2v) is 5.34. The van der Waals surface area contributed by atoms with E-state index in [0.29, 0.717) is 6.04 Å². The molecule has 0 spiro atoms. The summed E-state index contributed by atoms with van der Waals surface area (Å²) in [5.74, 6) is 2.04. The highest BCUT2D eigenvalue weighted by atomic mass is 35.5. The first-order valence-corrected chi connectivity index (χ1v) is 6.81. The Morgan fingerprint density at radius 2 is 2.13 bits per heavy atom. The van der Waals surface area contributed by atoms with Gasteiger partial charge in [0.1, 0.15) is 5.15 Å². The topological polar surface area (TPSA) is 27.1 Å². The molecule has 2 aliphatic heterocycles. The van der Waals surface area contributed by atoms with Gasteiger partial charge in [-0.1, -0.05) is 11.6 Å². The van der Waals surface area contributed by atoms with Crippen molar-refractivity contribution in [1.82, 2.24) is 9.78 Å². The zero-order valence-electron chi connectivity index (χ0n) is 8.41. The van der Waals surface area contributed by atoms with Crippen LogP contribution in [0, 0.1) is 0 Å². The molecule has 0 unspecified atom stereocenters. The first-order valence-electron chi connectivity index (χ1n) is 5.27. The summed E-state index contributed by atoms with van der Waals surface area (Å²) < 4.78 is 7.37. The second kappa shape index (κ2) is 4.00. The summed E-state index contributed by atoms with van der Waals surface area (Å²) in [5.41, 5.74) is 2.45. The molecule has 1 aromatic heterocycles. The van der Waals surface area contributed by atoms with Crippen molar-refractivity contribution < 1.29 is 4.74 Å². The maximum Gasteiger partial charge on any atom is 0.131 e. The lowest BCUT2D eigenvalue weighted by Gasteiger charge is -2.23. The third kappa shape index (κ3) is 1.69.